The molecule has 0 saturated heterocycles. The Hall–Kier alpha value is -4.30. The summed E-state index contributed by atoms with van der Waals surface area (Å²) in [5.74, 6) is 0. The molecule has 2 heteroatoms. The number of rotatable bonds is 5. The predicted molar refractivity (Wildman–Crippen MR) is 174 cm³/mol. The fraction of sp³-hybridized carbons (Fsp3) is 0.211. The summed E-state index contributed by atoms with van der Waals surface area (Å²) in [5.41, 5.74) is 13.3. The number of nitrogen functional groups attached to an aromatic ring is 1. The van der Waals surface area contributed by atoms with Crippen LogP contribution in [-0.2, 0) is 10.8 Å². The summed E-state index contributed by atoms with van der Waals surface area (Å²) < 4.78 is 37.1. The van der Waals surface area contributed by atoms with Crippen molar-refractivity contribution in [3.8, 4) is 33.4 Å². The Balaban J connectivity index is 1.85. The maximum absolute atomic E-state index is 9.44. The van der Waals surface area contributed by atoms with Crippen molar-refractivity contribution in [1.82, 2.24) is 0 Å². The van der Waals surface area contributed by atoms with Crippen LogP contribution in [-0.4, -0.2) is 0 Å². The van der Waals surface area contributed by atoms with Gasteiger partial charge in [-0.3, -0.25) is 0 Å². The molecule has 0 aliphatic rings. The van der Waals surface area contributed by atoms with Gasteiger partial charge in [0.25, 0.3) is 0 Å². The highest BCUT2D eigenvalue weighted by molar-refractivity contribution is 5.94. The Morgan fingerprint density at radius 1 is 0.575 bits per heavy atom. The summed E-state index contributed by atoms with van der Waals surface area (Å²) >= 11 is 0. The van der Waals surface area contributed by atoms with Crippen LogP contribution in [0.4, 0.5) is 17.1 Å². The average Bonchev–Trinajstić information content (AvgIpc) is 2.94. The van der Waals surface area contributed by atoms with Crippen molar-refractivity contribution in [2.45, 2.75) is 52.4 Å². The molecule has 5 aromatic carbocycles. The minimum atomic E-state index is -0.329. The maximum atomic E-state index is 9.44. The van der Waals surface area contributed by atoms with Gasteiger partial charge in [0.15, 0.2) is 0 Å². The molecule has 0 aliphatic carbocycles. The monoisotopic (exact) mass is 528 g/mol. The lowest BCUT2D eigenvalue weighted by atomic mass is 9.78. The molecule has 0 bridgehead atoms. The largest absolute Gasteiger partial charge is 0.397 e. The first kappa shape index (κ1) is 22.5. The molecule has 5 aromatic rings. The van der Waals surface area contributed by atoms with E-state index in [1.54, 1.807) is 12.1 Å². The Kier molecular flexibility index (Phi) is 6.02. The summed E-state index contributed by atoms with van der Waals surface area (Å²) in [4.78, 5) is 0. The fourth-order valence-electron chi connectivity index (χ4n) is 4.64. The van der Waals surface area contributed by atoms with E-state index in [2.05, 4.69) is 46.9 Å². The second-order valence-corrected chi connectivity index (χ2v) is 12.3. The molecular weight excluding hydrogens is 484 g/mol. The first-order valence-corrected chi connectivity index (χ1v) is 13.8. The van der Waals surface area contributed by atoms with Crippen LogP contribution in [0.3, 0.4) is 0 Å². The van der Waals surface area contributed by atoms with Crippen LogP contribution in [0.5, 0.6) is 0 Å². The second-order valence-electron chi connectivity index (χ2n) is 12.3. The third-order valence-corrected chi connectivity index (χ3v) is 7.10. The van der Waals surface area contributed by atoms with Gasteiger partial charge in [0.1, 0.15) is 0 Å². The van der Waals surface area contributed by atoms with E-state index in [4.69, 9.17) is 8.48 Å². The zero-order chi connectivity index (χ0) is 32.0. The number of hydrogen-bond acceptors (Lipinski definition) is 2. The Bertz CT molecular complexity index is 1790. The number of anilines is 3. The van der Waals surface area contributed by atoms with Gasteiger partial charge in [0, 0.05) is 11.1 Å². The van der Waals surface area contributed by atoms with E-state index in [1.165, 1.54) is 0 Å². The number of para-hydroxylation sites is 3. The maximum Gasteiger partial charge on any atom is 0.0632 e. The highest BCUT2D eigenvalue weighted by Gasteiger charge is 2.22. The van der Waals surface area contributed by atoms with Gasteiger partial charge >= 0.3 is 0 Å². The normalized spacial score (nSPS) is 13.2. The van der Waals surface area contributed by atoms with E-state index < -0.39 is 0 Å². The van der Waals surface area contributed by atoms with E-state index in [-0.39, 0.29) is 22.9 Å². The van der Waals surface area contributed by atoms with Crippen LogP contribution in [0.15, 0.2) is 115 Å². The zero-order valence-electron chi connectivity index (χ0n) is 28.2. The minimum absolute atomic E-state index is 0.216. The smallest absolute Gasteiger partial charge is 0.0632 e. The lowest BCUT2D eigenvalue weighted by Crippen LogP contribution is -2.16. The van der Waals surface area contributed by atoms with E-state index in [0.717, 1.165) is 22.3 Å². The lowest BCUT2D eigenvalue weighted by Gasteiger charge is -2.27. The van der Waals surface area contributed by atoms with Gasteiger partial charge in [-0.25, -0.2) is 0 Å². The minimum Gasteiger partial charge on any atom is -0.397 e. The molecule has 40 heavy (non-hydrogen) atoms. The first-order chi connectivity index (χ1) is 20.7. The van der Waals surface area contributed by atoms with Crippen LogP contribution >= 0.6 is 0 Å². The first-order valence-electron chi connectivity index (χ1n) is 15.8. The van der Waals surface area contributed by atoms with E-state index in [1.807, 2.05) is 78.9 Å². The lowest BCUT2D eigenvalue weighted by molar-refractivity contribution is 0.569. The molecule has 0 aromatic heterocycles. The highest BCUT2D eigenvalue weighted by atomic mass is 14.9. The van der Waals surface area contributed by atoms with Gasteiger partial charge in [-0.15, -0.1) is 0 Å². The van der Waals surface area contributed by atoms with E-state index in [9.17, 15) is 2.74 Å². The number of hydrogen-bond donors (Lipinski definition) is 2. The molecule has 0 aliphatic heterocycles. The van der Waals surface area contributed by atoms with Crippen LogP contribution in [0, 0.1) is 0 Å². The summed E-state index contributed by atoms with van der Waals surface area (Å²) in [6.07, 6.45) is 0. The number of nitrogens with one attached hydrogen (secondary N) is 1. The molecular formula is C38H40N2. The van der Waals surface area contributed by atoms with Crippen LogP contribution < -0.4 is 11.1 Å². The number of nitrogens with two attached hydrogens (primary N) is 1. The standard InChI is InChI=1S/C38H40N2/c1-37(2,3)30-23-29(24-31(25-30)38(4,5)6)33-16-12-15-32(36(33)40-35-18-11-10-17-34(35)39)28-21-19-27(20-22-28)26-13-8-7-9-14-26/h7-25,40H,39H2,1-6H3/i21D,22D,23D,24D. The van der Waals surface area contributed by atoms with Gasteiger partial charge < -0.3 is 11.1 Å². The van der Waals surface area contributed by atoms with Crippen LogP contribution in [0.1, 0.15) is 58.2 Å². The Morgan fingerprint density at radius 2 is 1.10 bits per heavy atom. The second kappa shape index (κ2) is 10.7. The van der Waals surface area contributed by atoms with Crippen molar-refractivity contribution in [3.63, 3.8) is 0 Å². The molecule has 0 atom stereocenters. The Labute approximate surface area is 245 Å². The molecule has 0 heterocycles. The third kappa shape index (κ3) is 5.82. The summed E-state index contributed by atoms with van der Waals surface area (Å²) in [6.45, 7) is 12.5. The van der Waals surface area contributed by atoms with E-state index >= 15 is 0 Å². The quantitative estimate of drug-likeness (QED) is 0.223. The summed E-state index contributed by atoms with van der Waals surface area (Å²) in [7, 11) is 0. The van der Waals surface area contributed by atoms with Crippen molar-refractivity contribution in [3.05, 3.63) is 126 Å². The molecule has 0 saturated carbocycles. The topological polar surface area (TPSA) is 38.0 Å². The van der Waals surface area contributed by atoms with Crippen molar-refractivity contribution in [2.24, 2.45) is 0 Å². The zero-order valence-corrected chi connectivity index (χ0v) is 24.2. The average molecular weight is 529 g/mol. The SMILES string of the molecule is [2H]c1cc(-c2ccccc2)cc([2H])c1-c1cccc(-c2c([2H])c(C(C)(C)C)cc(C(C)(C)C)c2[2H])c1Nc1ccccc1N. The third-order valence-electron chi connectivity index (χ3n) is 7.10. The van der Waals surface area contributed by atoms with Gasteiger partial charge in [0.05, 0.1) is 22.5 Å². The summed E-state index contributed by atoms with van der Waals surface area (Å²) in [5, 5.41) is 3.52. The van der Waals surface area contributed by atoms with E-state index in [0.29, 0.717) is 51.4 Å². The van der Waals surface area contributed by atoms with Gasteiger partial charge in [-0.05, 0) is 56.3 Å². The van der Waals surface area contributed by atoms with Gasteiger partial charge in [0.2, 0.25) is 0 Å². The van der Waals surface area contributed by atoms with Crippen LogP contribution in [0.25, 0.3) is 33.4 Å². The predicted octanol–water partition coefficient (Wildman–Crippen LogP) is 10.6. The highest BCUT2D eigenvalue weighted by Crippen LogP contribution is 2.42. The molecule has 0 spiro atoms. The molecule has 5 rings (SSSR count). The fourth-order valence-corrected chi connectivity index (χ4v) is 4.64. The van der Waals surface area contributed by atoms with Crippen LogP contribution in [0.2, 0.25) is 0 Å². The Morgan fingerprint density at radius 3 is 1.68 bits per heavy atom. The molecule has 0 fully saturated rings. The molecule has 0 unspecified atom stereocenters. The molecule has 0 radical (unpaired) electrons. The van der Waals surface area contributed by atoms with Crippen molar-refractivity contribution < 1.29 is 5.48 Å². The van der Waals surface area contributed by atoms with Crippen molar-refractivity contribution >= 4 is 17.1 Å². The van der Waals surface area contributed by atoms with Gasteiger partial charge in [-0.1, -0.05) is 145 Å². The number of benzene rings is 5. The van der Waals surface area contributed by atoms with Gasteiger partial charge in [-0.2, -0.15) is 0 Å². The molecule has 0 amide bonds. The molecule has 3 N–H and O–H groups in total. The summed E-state index contributed by atoms with van der Waals surface area (Å²) in [6, 6.07) is 29.6. The molecule has 2 nitrogen and oxygen atoms in total. The van der Waals surface area contributed by atoms with Crippen molar-refractivity contribution in [1.29, 1.82) is 0 Å². The van der Waals surface area contributed by atoms with Crippen molar-refractivity contribution in [2.75, 3.05) is 11.1 Å². The molecule has 202 valence electrons.